The van der Waals surface area contributed by atoms with Gasteiger partial charge in [0.05, 0.1) is 17.8 Å². The quantitative estimate of drug-likeness (QED) is 0.309. The largest absolute Gasteiger partial charge is 0.493 e. The molecule has 1 heterocycles. The summed E-state index contributed by atoms with van der Waals surface area (Å²) in [4.78, 5) is 2.37. The van der Waals surface area contributed by atoms with Gasteiger partial charge in [0.2, 0.25) is 0 Å². The molecule has 1 N–H and O–H groups in total. The maximum absolute atomic E-state index is 6.64. The molecule has 7 heteroatoms. The van der Waals surface area contributed by atoms with Crippen LogP contribution < -0.4 is 19.7 Å². The van der Waals surface area contributed by atoms with Crippen molar-refractivity contribution in [3.05, 3.63) is 80.2 Å². The van der Waals surface area contributed by atoms with Crippen molar-refractivity contribution in [2.75, 3.05) is 30.4 Å². The molecule has 0 radical (unpaired) electrons. The molecule has 1 saturated heterocycles. The number of piperidine rings is 1. The van der Waals surface area contributed by atoms with E-state index in [1.54, 1.807) is 7.11 Å². The van der Waals surface area contributed by atoms with Gasteiger partial charge in [0, 0.05) is 40.4 Å². The third-order valence-corrected chi connectivity index (χ3v) is 7.05. The molecule has 1 aliphatic rings. The van der Waals surface area contributed by atoms with E-state index >= 15 is 0 Å². The molecule has 0 atom stereocenters. The zero-order valence-electron chi connectivity index (χ0n) is 18.5. The first-order valence-corrected chi connectivity index (χ1v) is 12.6. The van der Waals surface area contributed by atoms with Crippen molar-refractivity contribution in [2.45, 2.75) is 32.4 Å². The minimum absolute atomic E-state index is 0.386. The Hall–Kier alpha value is -2.08. The third-order valence-electron chi connectivity index (χ3n) is 5.77. The number of ether oxygens (including phenoxy) is 2. The lowest BCUT2D eigenvalue weighted by atomic mass is 10.1. The van der Waals surface area contributed by atoms with Crippen molar-refractivity contribution in [3.63, 3.8) is 0 Å². The molecule has 174 valence electrons. The van der Waals surface area contributed by atoms with Crippen LogP contribution >= 0.6 is 39.1 Å². The number of benzene rings is 3. The van der Waals surface area contributed by atoms with Gasteiger partial charge in [-0.25, -0.2) is 0 Å². The molecule has 0 bridgehead atoms. The van der Waals surface area contributed by atoms with E-state index in [2.05, 4.69) is 38.3 Å². The highest BCUT2D eigenvalue weighted by Crippen LogP contribution is 2.38. The summed E-state index contributed by atoms with van der Waals surface area (Å²) in [6, 6.07) is 17.7. The van der Waals surface area contributed by atoms with Gasteiger partial charge in [-0.1, -0.05) is 51.3 Å². The molecular formula is C26H27BrCl2N2O2. The summed E-state index contributed by atoms with van der Waals surface area (Å²) in [6.07, 6.45) is 3.74. The predicted octanol–water partition coefficient (Wildman–Crippen LogP) is 7.95. The summed E-state index contributed by atoms with van der Waals surface area (Å²) in [5, 5.41) is 4.93. The number of rotatable bonds is 8. The maximum atomic E-state index is 6.64. The number of anilines is 2. The molecular weight excluding hydrogens is 523 g/mol. The van der Waals surface area contributed by atoms with E-state index in [0.29, 0.717) is 29.7 Å². The number of hydrogen-bond donors (Lipinski definition) is 1. The lowest BCUT2D eigenvalue weighted by Gasteiger charge is -2.29. The first-order valence-electron chi connectivity index (χ1n) is 11.1. The van der Waals surface area contributed by atoms with E-state index in [1.165, 1.54) is 19.3 Å². The minimum Gasteiger partial charge on any atom is -0.493 e. The number of hydrogen-bond acceptors (Lipinski definition) is 4. The normalized spacial score (nSPS) is 13.6. The van der Waals surface area contributed by atoms with Crippen LogP contribution in [0.1, 0.15) is 30.4 Å². The highest BCUT2D eigenvalue weighted by atomic mass is 79.9. The summed E-state index contributed by atoms with van der Waals surface area (Å²) in [5.74, 6) is 1.37. The topological polar surface area (TPSA) is 33.7 Å². The van der Waals surface area contributed by atoms with Crippen LogP contribution in [-0.4, -0.2) is 20.2 Å². The standard InChI is InChI=1S/C26H27BrCl2N2O2/c1-32-25-11-9-22(27)21(26(25)33-17-18-6-5-7-19(28)14-18)16-30-20-8-10-24(23(29)15-20)31-12-3-2-4-13-31/h5-11,14-15,30H,2-4,12-13,16-17H2,1H3. The second kappa shape index (κ2) is 11.4. The van der Waals surface area contributed by atoms with Crippen LogP contribution in [0.2, 0.25) is 10.0 Å². The van der Waals surface area contributed by atoms with Crippen LogP contribution in [0.25, 0.3) is 0 Å². The molecule has 0 aromatic heterocycles. The van der Waals surface area contributed by atoms with Gasteiger partial charge in [0.15, 0.2) is 11.5 Å². The number of halogens is 3. The Bertz CT molecular complexity index is 1100. The Morgan fingerprint density at radius 3 is 2.55 bits per heavy atom. The second-order valence-corrected chi connectivity index (χ2v) is 9.74. The lowest BCUT2D eigenvalue weighted by Crippen LogP contribution is -2.29. The molecule has 3 aromatic rings. The molecule has 0 spiro atoms. The van der Waals surface area contributed by atoms with Crippen LogP contribution in [0.3, 0.4) is 0 Å². The van der Waals surface area contributed by atoms with E-state index in [4.69, 9.17) is 32.7 Å². The number of nitrogens with one attached hydrogen (secondary N) is 1. The van der Waals surface area contributed by atoms with Crippen molar-refractivity contribution in [3.8, 4) is 11.5 Å². The summed E-state index contributed by atoms with van der Waals surface area (Å²) in [6.45, 7) is 3.06. The summed E-state index contributed by atoms with van der Waals surface area (Å²) in [7, 11) is 1.64. The molecule has 0 amide bonds. The van der Waals surface area contributed by atoms with E-state index in [9.17, 15) is 0 Å². The average molecular weight is 550 g/mol. The SMILES string of the molecule is COc1ccc(Br)c(CNc2ccc(N3CCCCC3)c(Cl)c2)c1OCc1cccc(Cl)c1. The van der Waals surface area contributed by atoms with Gasteiger partial charge < -0.3 is 19.7 Å². The van der Waals surface area contributed by atoms with Crippen LogP contribution in [0.5, 0.6) is 11.5 Å². The van der Waals surface area contributed by atoms with Crippen molar-refractivity contribution in [1.29, 1.82) is 0 Å². The summed E-state index contributed by atoms with van der Waals surface area (Å²) >= 11 is 16.4. The van der Waals surface area contributed by atoms with Gasteiger partial charge in [-0.15, -0.1) is 0 Å². The Balaban J connectivity index is 1.50. The molecule has 0 unspecified atom stereocenters. The van der Waals surface area contributed by atoms with Gasteiger partial charge >= 0.3 is 0 Å². The Labute approximate surface area is 213 Å². The molecule has 4 nitrogen and oxygen atoms in total. The molecule has 33 heavy (non-hydrogen) atoms. The fraction of sp³-hybridized carbons (Fsp3) is 0.308. The second-order valence-electron chi connectivity index (χ2n) is 8.04. The van der Waals surface area contributed by atoms with Gasteiger partial charge in [0.1, 0.15) is 6.61 Å². The van der Waals surface area contributed by atoms with Gasteiger partial charge in [-0.3, -0.25) is 0 Å². The van der Waals surface area contributed by atoms with Crippen LogP contribution in [0.15, 0.2) is 59.1 Å². The van der Waals surface area contributed by atoms with Crippen molar-refractivity contribution in [1.82, 2.24) is 0 Å². The average Bonchev–Trinajstić information content (AvgIpc) is 2.83. The zero-order valence-corrected chi connectivity index (χ0v) is 21.6. The maximum Gasteiger partial charge on any atom is 0.167 e. The molecule has 1 fully saturated rings. The zero-order chi connectivity index (χ0) is 23.2. The fourth-order valence-corrected chi connectivity index (χ4v) is 5.01. The molecule has 4 rings (SSSR count). The number of methoxy groups -OCH3 is 1. The van der Waals surface area contributed by atoms with E-state index in [-0.39, 0.29) is 0 Å². The molecule has 3 aromatic carbocycles. The fourth-order valence-electron chi connectivity index (χ4n) is 4.05. The third kappa shape index (κ3) is 6.08. The van der Waals surface area contributed by atoms with Gasteiger partial charge in [0.25, 0.3) is 0 Å². The summed E-state index contributed by atoms with van der Waals surface area (Å²) in [5.41, 5.74) is 4.02. The predicted molar refractivity (Wildman–Crippen MR) is 141 cm³/mol. The van der Waals surface area contributed by atoms with Crippen molar-refractivity contribution < 1.29 is 9.47 Å². The van der Waals surface area contributed by atoms with Gasteiger partial charge in [-0.2, -0.15) is 0 Å². The lowest BCUT2D eigenvalue weighted by molar-refractivity contribution is 0.281. The van der Waals surface area contributed by atoms with Gasteiger partial charge in [-0.05, 0) is 67.3 Å². The van der Waals surface area contributed by atoms with Crippen LogP contribution in [0, 0.1) is 0 Å². The Morgan fingerprint density at radius 1 is 1.00 bits per heavy atom. The van der Waals surface area contributed by atoms with E-state index < -0.39 is 0 Å². The molecule has 0 aliphatic carbocycles. The first-order chi connectivity index (χ1) is 16.0. The summed E-state index contributed by atoms with van der Waals surface area (Å²) < 4.78 is 12.7. The highest BCUT2D eigenvalue weighted by molar-refractivity contribution is 9.10. The monoisotopic (exact) mass is 548 g/mol. The van der Waals surface area contributed by atoms with Crippen LogP contribution in [-0.2, 0) is 13.2 Å². The Morgan fingerprint density at radius 2 is 1.82 bits per heavy atom. The highest BCUT2D eigenvalue weighted by Gasteiger charge is 2.17. The molecule has 1 aliphatic heterocycles. The van der Waals surface area contributed by atoms with E-state index in [1.807, 2.05) is 42.5 Å². The smallest absolute Gasteiger partial charge is 0.167 e. The van der Waals surface area contributed by atoms with Crippen molar-refractivity contribution in [2.24, 2.45) is 0 Å². The van der Waals surface area contributed by atoms with Crippen LogP contribution in [0.4, 0.5) is 11.4 Å². The molecule has 0 saturated carbocycles. The minimum atomic E-state index is 0.386. The van der Waals surface area contributed by atoms with Crippen molar-refractivity contribution >= 4 is 50.5 Å². The van der Waals surface area contributed by atoms with E-state index in [0.717, 1.165) is 45.1 Å². The number of nitrogens with zero attached hydrogens (tertiary/aromatic N) is 1. The Kier molecular flexibility index (Phi) is 8.29. The first kappa shape index (κ1) is 24.1.